The van der Waals surface area contributed by atoms with Gasteiger partial charge in [0.25, 0.3) is 0 Å². The van der Waals surface area contributed by atoms with Gasteiger partial charge in [-0.3, -0.25) is 4.79 Å². The first kappa shape index (κ1) is 14.9. The van der Waals surface area contributed by atoms with E-state index in [-0.39, 0.29) is 11.7 Å². The van der Waals surface area contributed by atoms with Crippen LogP contribution < -0.4 is 5.32 Å². The number of hydrogen-bond donors (Lipinski definition) is 2. The van der Waals surface area contributed by atoms with Gasteiger partial charge in [-0.25, -0.2) is 0 Å². The van der Waals surface area contributed by atoms with Crippen LogP contribution in [0.5, 0.6) is 0 Å². The van der Waals surface area contributed by atoms with Crippen molar-refractivity contribution in [2.45, 2.75) is 26.3 Å². The Kier molecular flexibility index (Phi) is 10.3. The average molecular weight is 235 g/mol. The fraction of sp³-hybridized carbons (Fsp3) is 0.900. The molecular weight excluding hydrogens is 214 g/mol. The molecule has 0 aliphatic rings. The third-order valence-electron chi connectivity index (χ3n) is 1.62. The first-order chi connectivity index (χ1) is 7.13. The first-order valence-corrected chi connectivity index (χ1v) is 5.68. The molecule has 0 saturated carbocycles. The van der Waals surface area contributed by atoms with Gasteiger partial charge in [0.15, 0.2) is 0 Å². The lowest BCUT2D eigenvalue weighted by molar-refractivity contribution is -0.115. The van der Waals surface area contributed by atoms with Crippen molar-refractivity contribution < 1.29 is 14.3 Å². The molecule has 0 aliphatic carbocycles. The minimum Gasteiger partial charge on any atom is -0.379 e. The second kappa shape index (κ2) is 10.4. The van der Waals surface area contributed by atoms with Crippen LogP contribution in [-0.4, -0.2) is 44.1 Å². The molecule has 0 atom stereocenters. The highest BCUT2D eigenvalue weighted by molar-refractivity contribution is 7.96. The molecule has 0 aromatic rings. The van der Waals surface area contributed by atoms with Gasteiger partial charge in [-0.05, 0) is 13.0 Å². The lowest BCUT2D eigenvalue weighted by atomic mass is 10.3. The number of rotatable bonds is 10. The normalized spacial score (nSPS) is 10.9. The number of ether oxygens (including phenoxy) is 2. The van der Waals surface area contributed by atoms with Crippen LogP contribution in [0.1, 0.15) is 20.3 Å². The van der Waals surface area contributed by atoms with Gasteiger partial charge in [-0.15, -0.1) is 12.6 Å². The van der Waals surface area contributed by atoms with Gasteiger partial charge in [0.05, 0.1) is 13.2 Å². The number of carbonyl (C=O) groups is 1. The summed E-state index contributed by atoms with van der Waals surface area (Å²) in [7, 11) is 0. The summed E-state index contributed by atoms with van der Waals surface area (Å²) in [4.78, 5) is 10.4. The number of hydrogen-bond acceptors (Lipinski definition) is 4. The number of carbonyl (C=O) groups excluding carboxylic acids is 1. The molecule has 0 spiro atoms. The first-order valence-electron chi connectivity index (χ1n) is 5.23. The van der Waals surface area contributed by atoms with Gasteiger partial charge in [0.2, 0.25) is 5.12 Å². The predicted octanol–water partition coefficient (Wildman–Crippen LogP) is 0.864. The highest BCUT2D eigenvalue weighted by atomic mass is 32.1. The van der Waals surface area contributed by atoms with E-state index in [0.717, 1.165) is 19.6 Å². The number of thiol groups is 1. The molecule has 0 heterocycles. The molecule has 0 saturated heterocycles. The van der Waals surface area contributed by atoms with Crippen LogP contribution in [0, 0.1) is 0 Å². The molecule has 0 bridgehead atoms. The topological polar surface area (TPSA) is 47.6 Å². The largest absolute Gasteiger partial charge is 0.379 e. The lowest BCUT2D eigenvalue weighted by Gasteiger charge is -2.08. The zero-order valence-corrected chi connectivity index (χ0v) is 10.4. The summed E-state index contributed by atoms with van der Waals surface area (Å²) >= 11 is 3.58. The lowest BCUT2D eigenvalue weighted by Crippen LogP contribution is -2.24. The smallest absolute Gasteiger partial charge is 0.211 e. The van der Waals surface area contributed by atoms with E-state index < -0.39 is 0 Å². The van der Waals surface area contributed by atoms with Crippen molar-refractivity contribution >= 4 is 17.7 Å². The second-order valence-corrected chi connectivity index (χ2v) is 4.02. The van der Waals surface area contributed by atoms with Gasteiger partial charge >= 0.3 is 0 Å². The molecule has 0 rings (SSSR count). The molecule has 0 aromatic heterocycles. The van der Waals surface area contributed by atoms with Gasteiger partial charge in [-0.1, -0.05) is 13.8 Å². The molecular formula is C10H21NO3S. The van der Waals surface area contributed by atoms with Crippen molar-refractivity contribution in [2.24, 2.45) is 0 Å². The quantitative estimate of drug-likeness (QED) is 0.435. The van der Waals surface area contributed by atoms with E-state index in [4.69, 9.17) is 9.47 Å². The Labute approximate surface area is 97.1 Å². The van der Waals surface area contributed by atoms with E-state index >= 15 is 0 Å². The molecule has 15 heavy (non-hydrogen) atoms. The van der Waals surface area contributed by atoms with Gasteiger partial charge in [0.1, 0.15) is 6.61 Å². The molecule has 0 amide bonds. The summed E-state index contributed by atoms with van der Waals surface area (Å²) in [5, 5.41) is 3.04. The molecule has 0 unspecified atom stereocenters. The van der Waals surface area contributed by atoms with E-state index in [1.165, 1.54) is 0 Å². The Bertz CT molecular complexity index is 165. The molecule has 5 heteroatoms. The van der Waals surface area contributed by atoms with Crippen molar-refractivity contribution in [1.82, 2.24) is 5.32 Å². The Balaban J connectivity index is 2.96. The molecule has 0 radical (unpaired) electrons. The van der Waals surface area contributed by atoms with Gasteiger partial charge in [0, 0.05) is 12.6 Å². The molecule has 0 aromatic carbocycles. The third kappa shape index (κ3) is 13.9. The third-order valence-corrected chi connectivity index (χ3v) is 1.74. The fourth-order valence-corrected chi connectivity index (χ4v) is 1.04. The van der Waals surface area contributed by atoms with E-state index in [2.05, 4.69) is 31.8 Å². The summed E-state index contributed by atoms with van der Waals surface area (Å²) in [6.07, 6.45) is 0.990. The molecule has 4 nitrogen and oxygen atoms in total. The highest BCUT2D eigenvalue weighted by Gasteiger charge is 1.95. The van der Waals surface area contributed by atoms with Crippen LogP contribution in [0.4, 0.5) is 0 Å². The van der Waals surface area contributed by atoms with Crippen molar-refractivity contribution in [3.8, 4) is 0 Å². The summed E-state index contributed by atoms with van der Waals surface area (Å²) in [5.74, 6) is 0. The molecule has 0 fully saturated rings. The van der Waals surface area contributed by atoms with Crippen molar-refractivity contribution in [1.29, 1.82) is 0 Å². The zero-order chi connectivity index (χ0) is 11.5. The summed E-state index contributed by atoms with van der Waals surface area (Å²) < 4.78 is 10.3. The van der Waals surface area contributed by atoms with E-state index in [0.29, 0.717) is 19.3 Å². The van der Waals surface area contributed by atoms with Crippen LogP contribution in [0.2, 0.25) is 0 Å². The Morgan fingerprint density at radius 1 is 1.27 bits per heavy atom. The van der Waals surface area contributed by atoms with Crippen LogP contribution in [0.25, 0.3) is 0 Å². The van der Waals surface area contributed by atoms with Crippen LogP contribution in [0.3, 0.4) is 0 Å². The fourth-order valence-electron chi connectivity index (χ4n) is 0.944. The van der Waals surface area contributed by atoms with Gasteiger partial charge in [-0.2, -0.15) is 0 Å². The monoisotopic (exact) mass is 235 g/mol. The van der Waals surface area contributed by atoms with Crippen molar-refractivity contribution in [3.63, 3.8) is 0 Å². The summed E-state index contributed by atoms with van der Waals surface area (Å²) in [6, 6.07) is 0.523. The van der Waals surface area contributed by atoms with Crippen LogP contribution in [-0.2, 0) is 14.3 Å². The minimum absolute atomic E-state index is 0.0569. The Morgan fingerprint density at radius 3 is 2.53 bits per heavy atom. The average Bonchev–Trinajstić information content (AvgIpc) is 2.14. The SMILES string of the molecule is CC(C)NCCCOCCOCC(=O)S. The molecule has 90 valence electrons. The van der Waals surface area contributed by atoms with Crippen molar-refractivity contribution in [2.75, 3.05) is 33.0 Å². The zero-order valence-electron chi connectivity index (χ0n) is 9.49. The highest BCUT2D eigenvalue weighted by Crippen LogP contribution is 1.86. The van der Waals surface area contributed by atoms with Crippen LogP contribution >= 0.6 is 12.6 Å². The Hall–Kier alpha value is -0.100. The van der Waals surface area contributed by atoms with Crippen LogP contribution in [0.15, 0.2) is 0 Å². The molecule has 0 aliphatic heterocycles. The maximum Gasteiger partial charge on any atom is 0.211 e. The predicted molar refractivity (Wildman–Crippen MR) is 63.4 cm³/mol. The standard InChI is InChI=1S/C10H21NO3S/c1-9(2)11-4-3-5-13-6-7-14-8-10(12)15/h9,11H,3-8H2,1-2H3,(H,12,15). The Morgan fingerprint density at radius 2 is 1.93 bits per heavy atom. The van der Waals surface area contributed by atoms with E-state index in [1.54, 1.807) is 0 Å². The maximum atomic E-state index is 10.4. The maximum absolute atomic E-state index is 10.4. The summed E-state index contributed by atoms with van der Waals surface area (Å²) in [5.41, 5.74) is 0. The van der Waals surface area contributed by atoms with E-state index in [1.807, 2.05) is 0 Å². The summed E-state index contributed by atoms with van der Waals surface area (Å²) in [6.45, 7) is 6.95. The molecule has 1 N–H and O–H groups in total. The van der Waals surface area contributed by atoms with Gasteiger partial charge < -0.3 is 14.8 Å². The van der Waals surface area contributed by atoms with E-state index in [9.17, 15) is 4.79 Å². The second-order valence-electron chi connectivity index (χ2n) is 3.52. The number of nitrogens with one attached hydrogen (secondary N) is 1. The minimum atomic E-state index is -0.254. The van der Waals surface area contributed by atoms with Crippen molar-refractivity contribution in [3.05, 3.63) is 0 Å².